The molecule has 0 aromatic heterocycles. The Hall–Kier alpha value is -0.160. The van der Waals surface area contributed by atoms with Gasteiger partial charge in [-0.2, -0.15) is 0 Å². The van der Waals surface area contributed by atoms with Crippen LogP contribution >= 0.6 is 0 Å². The third kappa shape index (κ3) is 18.7. The Morgan fingerprint density at radius 2 is 1.38 bits per heavy atom. The summed E-state index contributed by atoms with van der Waals surface area (Å²) in [5, 5.41) is 16.5. The van der Waals surface area contributed by atoms with Crippen LogP contribution in [-0.2, 0) is 0 Å². The maximum atomic E-state index is 8.46. The van der Waals surface area contributed by atoms with Gasteiger partial charge in [0.1, 0.15) is 0 Å². The van der Waals surface area contributed by atoms with Crippen LogP contribution in [0.25, 0.3) is 0 Å². The third-order valence-corrected chi connectivity index (χ3v) is 1.30. The molecule has 0 aliphatic heterocycles. The van der Waals surface area contributed by atoms with E-state index in [0.29, 0.717) is 5.92 Å². The highest BCUT2D eigenvalue weighted by Crippen LogP contribution is 2.00. The Labute approximate surface area is 80.9 Å². The van der Waals surface area contributed by atoms with Crippen molar-refractivity contribution in [3.8, 4) is 0 Å². The monoisotopic (exact) mass is 192 g/mol. The summed E-state index contributed by atoms with van der Waals surface area (Å²) >= 11 is 0. The number of hydrogen-bond acceptors (Lipinski definition) is 4. The summed E-state index contributed by atoms with van der Waals surface area (Å²) in [6.07, 6.45) is 0.913. The maximum Gasteiger partial charge on any atom is 0.0582 e. The van der Waals surface area contributed by atoms with Crippen molar-refractivity contribution in [1.82, 2.24) is 0 Å². The molecule has 0 amide bonds. The second-order valence-corrected chi connectivity index (χ2v) is 3.73. The molecule has 0 unspecified atom stereocenters. The van der Waals surface area contributed by atoms with Crippen LogP contribution in [0, 0.1) is 5.92 Å². The van der Waals surface area contributed by atoms with Gasteiger partial charge in [0.05, 0.1) is 13.2 Å². The molecular formula is C9H24N2O2. The lowest BCUT2D eigenvalue weighted by molar-refractivity contribution is 0.250. The van der Waals surface area contributed by atoms with Crippen molar-refractivity contribution in [2.75, 3.05) is 13.2 Å². The summed E-state index contributed by atoms with van der Waals surface area (Å²) in [5.41, 5.74) is 10.5. The molecular weight excluding hydrogens is 168 g/mol. The molecule has 0 fully saturated rings. The van der Waals surface area contributed by atoms with Crippen LogP contribution in [-0.4, -0.2) is 35.5 Å². The fraction of sp³-hybridized carbons (Fsp3) is 1.00. The first kappa shape index (κ1) is 15.3. The molecule has 0 saturated carbocycles. The zero-order valence-corrected chi connectivity index (χ0v) is 8.90. The highest BCUT2D eigenvalue weighted by molar-refractivity contribution is 4.60. The third-order valence-electron chi connectivity index (χ3n) is 1.30. The fourth-order valence-corrected chi connectivity index (χ4v) is 0.680. The SMILES string of the molecule is CC(C)C[C@H](N)CO.C[C@H](N)CO. The van der Waals surface area contributed by atoms with E-state index in [1.54, 1.807) is 6.92 Å². The molecule has 0 heterocycles. The van der Waals surface area contributed by atoms with Crippen LogP contribution < -0.4 is 11.5 Å². The molecule has 6 N–H and O–H groups in total. The number of hydrogen-bond donors (Lipinski definition) is 4. The summed E-state index contributed by atoms with van der Waals surface area (Å²) in [4.78, 5) is 0. The van der Waals surface area contributed by atoms with E-state index in [4.69, 9.17) is 21.7 Å². The number of aliphatic hydroxyl groups excluding tert-OH is 2. The van der Waals surface area contributed by atoms with Crippen LogP contribution in [0.4, 0.5) is 0 Å². The predicted molar refractivity (Wildman–Crippen MR) is 55.3 cm³/mol. The molecule has 0 spiro atoms. The van der Waals surface area contributed by atoms with E-state index in [1.807, 2.05) is 0 Å². The van der Waals surface area contributed by atoms with Gasteiger partial charge >= 0.3 is 0 Å². The highest BCUT2D eigenvalue weighted by atomic mass is 16.3. The van der Waals surface area contributed by atoms with Gasteiger partial charge in [0.25, 0.3) is 0 Å². The van der Waals surface area contributed by atoms with E-state index in [2.05, 4.69) is 13.8 Å². The van der Waals surface area contributed by atoms with Crippen molar-refractivity contribution in [3.63, 3.8) is 0 Å². The lowest BCUT2D eigenvalue weighted by Gasteiger charge is -2.09. The second kappa shape index (κ2) is 9.92. The minimum Gasteiger partial charge on any atom is -0.395 e. The maximum absolute atomic E-state index is 8.46. The Balaban J connectivity index is 0. The van der Waals surface area contributed by atoms with Crippen LogP contribution in [0.3, 0.4) is 0 Å². The van der Waals surface area contributed by atoms with Crippen LogP contribution in [0.15, 0.2) is 0 Å². The summed E-state index contributed by atoms with van der Waals surface area (Å²) in [5.74, 6) is 0.595. The van der Waals surface area contributed by atoms with Gasteiger partial charge in [-0.3, -0.25) is 0 Å². The second-order valence-electron chi connectivity index (χ2n) is 3.73. The van der Waals surface area contributed by atoms with Crippen LogP contribution in [0.5, 0.6) is 0 Å². The van der Waals surface area contributed by atoms with Crippen molar-refractivity contribution < 1.29 is 10.2 Å². The van der Waals surface area contributed by atoms with Gasteiger partial charge in [-0.25, -0.2) is 0 Å². The Morgan fingerprint density at radius 3 is 1.46 bits per heavy atom. The minimum atomic E-state index is -0.0602. The molecule has 4 nitrogen and oxygen atoms in total. The summed E-state index contributed by atoms with van der Waals surface area (Å²) in [6, 6.07) is -0.0787. The molecule has 0 saturated heterocycles. The van der Waals surface area contributed by atoms with Gasteiger partial charge in [-0.15, -0.1) is 0 Å². The molecule has 4 heteroatoms. The van der Waals surface area contributed by atoms with Crippen molar-refractivity contribution in [2.45, 2.75) is 39.3 Å². The zero-order chi connectivity index (χ0) is 10.9. The Bertz CT molecular complexity index is 97.6. The smallest absolute Gasteiger partial charge is 0.0582 e. The summed E-state index contributed by atoms with van der Waals surface area (Å²) in [6.45, 7) is 6.13. The number of nitrogens with two attached hydrogens (primary N) is 2. The molecule has 0 bridgehead atoms. The quantitative estimate of drug-likeness (QED) is 0.491. The van der Waals surface area contributed by atoms with E-state index in [9.17, 15) is 0 Å². The fourth-order valence-electron chi connectivity index (χ4n) is 0.680. The highest BCUT2D eigenvalue weighted by Gasteiger charge is 2.01. The molecule has 13 heavy (non-hydrogen) atoms. The first-order valence-electron chi connectivity index (χ1n) is 4.66. The normalized spacial score (nSPS) is 14.8. The van der Waals surface area contributed by atoms with Crippen molar-refractivity contribution in [1.29, 1.82) is 0 Å². The molecule has 0 aromatic carbocycles. The lowest BCUT2D eigenvalue weighted by atomic mass is 10.1. The van der Waals surface area contributed by atoms with Gasteiger partial charge in [-0.1, -0.05) is 13.8 Å². The van der Waals surface area contributed by atoms with Gasteiger partial charge in [-0.05, 0) is 19.3 Å². The van der Waals surface area contributed by atoms with Gasteiger partial charge < -0.3 is 21.7 Å². The minimum absolute atomic E-state index is 0.0185. The average Bonchev–Trinajstić information content (AvgIpc) is 2.04. The number of rotatable bonds is 4. The molecule has 82 valence electrons. The van der Waals surface area contributed by atoms with Crippen molar-refractivity contribution >= 4 is 0 Å². The van der Waals surface area contributed by atoms with Crippen LogP contribution in [0.1, 0.15) is 27.2 Å². The van der Waals surface area contributed by atoms with E-state index in [1.165, 1.54) is 0 Å². The van der Waals surface area contributed by atoms with Crippen molar-refractivity contribution in [3.05, 3.63) is 0 Å². The van der Waals surface area contributed by atoms with Gasteiger partial charge in [0.15, 0.2) is 0 Å². The summed E-state index contributed by atoms with van der Waals surface area (Å²) < 4.78 is 0. The molecule has 0 radical (unpaired) electrons. The Kier molecular flexibility index (Phi) is 11.7. The topological polar surface area (TPSA) is 92.5 Å². The molecule has 2 atom stereocenters. The zero-order valence-electron chi connectivity index (χ0n) is 8.90. The first-order valence-corrected chi connectivity index (χ1v) is 4.66. The predicted octanol–water partition coefficient (Wildman–Crippen LogP) is -0.322. The van der Waals surface area contributed by atoms with E-state index < -0.39 is 0 Å². The molecule has 0 rings (SSSR count). The first-order chi connectivity index (χ1) is 5.93. The van der Waals surface area contributed by atoms with Crippen LogP contribution in [0.2, 0.25) is 0 Å². The van der Waals surface area contributed by atoms with E-state index >= 15 is 0 Å². The van der Waals surface area contributed by atoms with Crippen molar-refractivity contribution in [2.24, 2.45) is 17.4 Å². The molecule has 0 aliphatic carbocycles. The van der Waals surface area contributed by atoms with Gasteiger partial charge in [0.2, 0.25) is 0 Å². The number of aliphatic hydroxyl groups is 2. The van der Waals surface area contributed by atoms with Gasteiger partial charge in [0, 0.05) is 12.1 Å². The standard InChI is InChI=1S/C6H15NO.C3H9NO/c1-5(2)3-6(7)4-8;1-3(4)2-5/h5-6,8H,3-4,7H2,1-2H3;3,5H,2,4H2,1H3/t6-;3-/m00/s1. The lowest BCUT2D eigenvalue weighted by Crippen LogP contribution is -2.25. The molecule has 0 aromatic rings. The van der Waals surface area contributed by atoms with E-state index in [-0.39, 0.29) is 25.3 Å². The Morgan fingerprint density at radius 1 is 1.00 bits per heavy atom. The largest absolute Gasteiger partial charge is 0.395 e. The molecule has 0 aliphatic rings. The summed E-state index contributed by atoms with van der Waals surface area (Å²) in [7, 11) is 0. The average molecular weight is 192 g/mol. The van der Waals surface area contributed by atoms with E-state index in [0.717, 1.165) is 6.42 Å².